The molecule has 0 aliphatic rings. The summed E-state index contributed by atoms with van der Waals surface area (Å²) in [5.74, 6) is -3.68. The number of amides is 2. The van der Waals surface area contributed by atoms with Crippen LogP contribution in [0, 0.1) is 3.57 Å². The second kappa shape index (κ2) is 12.2. The number of hydrogen-bond acceptors (Lipinski definition) is 6. The van der Waals surface area contributed by atoms with Crippen LogP contribution in [0.1, 0.15) is 26.4 Å². The molecule has 0 unspecified atom stereocenters. The predicted octanol–water partition coefficient (Wildman–Crippen LogP) is 6.49. The van der Waals surface area contributed by atoms with Crippen LogP contribution in [0.25, 0.3) is 0 Å². The summed E-state index contributed by atoms with van der Waals surface area (Å²) in [6.45, 7) is -3.81. The SMILES string of the molecule is CS(=O)(=O)c1ccc(C(=O)Nc2cccc(C(=O)Nc3c(I)cc(C(F)(C(F)(F)F)C(F)(F)F)cc3OC(F)F)n2)cc1. The monoisotopic (exact) mass is 755 g/mol. The molecule has 2 amide bonds. The van der Waals surface area contributed by atoms with Gasteiger partial charge in [0.2, 0.25) is 0 Å². The third-order valence-electron chi connectivity index (χ3n) is 5.46. The van der Waals surface area contributed by atoms with E-state index in [9.17, 15) is 57.5 Å². The molecule has 3 aromatic rings. The van der Waals surface area contributed by atoms with Gasteiger partial charge in [0.1, 0.15) is 11.5 Å². The van der Waals surface area contributed by atoms with Crippen molar-refractivity contribution in [2.24, 2.45) is 0 Å². The fraction of sp³-hybridized carbons (Fsp3) is 0.208. The molecule has 1 heterocycles. The van der Waals surface area contributed by atoms with Crippen molar-refractivity contribution < 1.29 is 62.3 Å². The van der Waals surface area contributed by atoms with Gasteiger partial charge in [-0.1, -0.05) is 6.07 Å². The van der Waals surface area contributed by atoms with Crippen LogP contribution in [0.2, 0.25) is 0 Å². The van der Waals surface area contributed by atoms with E-state index in [0.717, 1.165) is 34.9 Å². The largest absolute Gasteiger partial charge is 0.435 e. The number of alkyl halides is 9. The van der Waals surface area contributed by atoms with Gasteiger partial charge in [-0.2, -0.15) is 35.1 Å². The minimum atomic E-state index is -6.55. The summed E-state index contributed by atoms with van der Waals surface area (Å²) < 4.78 is 146. The molecule has 232 valence electrons. The van der Waals surface area contributed by atoms with Gasteiger partial charge in [0.15, 0.2) is 15.6 Å². The summed E-state index contributed by atoms with van der Waals surface area (Å²) in [6, 6.07) is 8.01. The molecular formula is C24H15F9IN3O5S. The average Bonchev–Trinajstić information content (AvgIpc) is 2.88. The van der Waals surface area contributed by atoms with Gasteiger partial charge in [0.05, 0.1) is 10.6 Å². The van der Waals surface area contributed by atoms with Gasteiger partial charge in [-0.15, -0.1) is 0 Å². The molecule has 8 nitrogen and oxygen atoms in total. The number of aromatic nitrogens is 1. The molecule has 0 atom stereocenters. The Hall–Kier alpha value is -3.62. The number of benzene rings is 2. The van der Waals surface area contributed by atoms with Crippen LogP contribution in [0.15, 0.2) is 59.5 Å². The topological polar surface area (TPSA) is 114 Å². The quantitative estimate of drug-likeness (QED) is 0.201. The zero-order valence-corrected chi connectivity index (χ0v) is 23.9. The van der Waals surface area contributed by atoms with Crippen LogP contribution in [-0.2, 0) is 15.5 Å². The number of carbonyl (C=O) groups is 2. The van der Waals surface area contributed by atoms with Crippen LogP contribution in [0.3, 0.4) is 0 Å². The van der Waals surface area contributed by atoms with Gasteiger partial charge in [-0.3, -0.25) is 9.59 Å². The van der Waals surface area contributed by atoms with E-state index < -0.39 is 72.5 Å². The van der Waals surface area contributed by atoms with E-state index in [1.54, 1.807) is 0 Å². The molecule has 0 radical (unpaired) electrons. The minimum Gasteiger partial charge on any atom is -0.433 e. The van der Waals surface area contributed by atoms with Crippen molar-refractivity contribution in [3.8, 4) is 5.75 Å². The molecule has 1 aromatic heterocycles. The lowest BCUT2D eigenvalue weighted by atomic mass is 9.93. The van der Waals surface area contributed by atoms with Crippen LogP contribution in [0.5, 0.6) is 5.75 Å². The molecule has 0 saturated carbocycles. The number of anilines is 2. The van der Waals surface area contributed by atoms with E-state index in [1.165, 1.54) is 36.4 Å². The van der Waals surface area contributed by atoms with Crippen molar-refractivity contribution in [1.82, 2.24) is 4.98 Å². The molecule has 0 bridgehead atoms. The first-order chi connectivity index (χ1) is 19.6. The highest BCUT2D eigenvalue weighted by atomic mass is 127. The molecule has 19 heteroatoms. The molecule has 0 aliphatic heterocycles. The Kier molecular flexibility index (Phi) is 9.59. The Morgan fingerprint density at radius 2 is 1.47 bits per heavy atom. The standard InChI is InChI=1S/C24H15F9IN3O5S/c1-43(40,41)13-7-5-11(6-8-13)19(38)36-17-4-2-3-15(35-17)20(39)37-18-14(34)9-12(10-16(18)42-21(25)26)22(27,23(28,29)30)24(31,32)33/h2-10,21H,1H3,(H,37,39)(H,35,36,38). The molecule has 43 heavy (non-hydrogen) atoms. The summed E-state index contributed by atoms with van der Waals surface area (Å²) in [5, 5.41) is 4.28. The molecule has 0 spiro atoms. The van der Waals surface area contributed by atoms with Crippen LogP contribution < -0.4 is 15.4 Å². The zero-order valence-electron chi connectivity index (χ0n) is 20.9. The first-order valence-electron chi connectivity index (χ1n) is 11.2. The molecule has 3 rings (SSSR count). The van der Waals surface area contributed by atoms with Crippen molar-refractivity contribution in [2.45, 2.75) is 29.5 Å². The van der Waals surface area contributed by atoms with E-state index in [0.29, 0.717) is 0 Å². The normalized spacial score (nSPS) is 12.7. The molecule has 2 N–H and O–H groups in total. The number of nitrogens with zero attached hydrogens (tertiary/aromatic N) is 1. The van der Waals surface area contributed by atoms with Crippen molar-refractivity contribution in [2.75, 3.05) is 16.9 Å². The molecule has 0 fully saturated rings. The predicted molar refractivity (Wildman–Crippen MR) is 140 cm³/mol. The lowest BCUT2D eigenvalue weighted by Gasteiger charge is -2.31. The summed E-state index contributed by atoms with van der Waals surface area (Å²) in [6.07, 6.45) is -12.1. The zero-order chi connectivity index (χ0) is 32.5. The number of nitrogens with one attached hydrogen (secondary N) is 2. The van der Waals surface area contributed by atoms with Gasteiger partial charge in [0, 0.05) is 21.0 Å². The van der Waals surface area contributed by atoms with Gasteiger partial charge in [0.25, 0.3) is 11.8 Å². The van der Waals surface area contributed by atoms with Crippen LogP contribution in [0.4, 0.5) is 51.0 Å². The number of hydrogen-bond donors (Lipinski definition) is 2. The number of sulfone groups is 1. The average molecular weight is 755 g/mol. The Balaban J connectivity index is 1.93. The van der Waals surface area contributed by atoms with Gasteiger partial charge in [-0.25, -0.2) is 17.8 Å². The lowest BCUT2D eigenvalue weighted by Crippen LogP contribution is -2.50. The first kappa shape index (κ1) is 33.9. The van der Waals surface area contributed by atoms with Crippen LogP contribution in [-0.4, -0.2) is 50.4 Å². The van der Waals surface area contributed by atoms with Gasteiger partial charge in [-0.05, 0) is 71.1 Å². The fourth-order valence-corrected chi connectivity index (χ4v) is 4.80. The van der Waals surface area contributed by atoms with Crippen molar-refractivity contribution >= 4 is 55.7 Å². The Morgan fingerprint density at radius 1 is 0.884 bits per heavy atom. The molecular weight excluding hydrogens is 740 g/mol. The van der Waals surface area contributed by atoms with E-state index in [1.807, 2.05) is 5.32 Å². The molecule has 0 saturated heterocycles. The van der Waals surface area contributed by atoms with E-state index in [-0.39, 0.29) is 28.4 Å². The van der Waals surface area contributed by atoms with E-state index in [2.05, 4.69) is 15.0 Å². The third kappa shape index (κ3) is 7.48. The maximum Gasteiger partial charge on any atom is 0.435 e. The molecule has 0 aliphatic carbocycles. The maximum absolute atomic E-state index is 14.6. The summed E-state index contributed by atoms with van der Waals surface area (Å²) in [5.41, 5.74) is -9.45. The van der Waals surface area contributed by atoms with Crippen LogP contribution >= 0.6 is 22.6 Å². The fourth-order valence-electron chi connectivity index (χ4n) is 3.43. The highest BCUT2D eigenvalue weighted by Crippen LogP contribution is 2.54. The van der Waals surface area contributed by atoms with Crippen molar-refractivity contribution in [3.63, 3.8) is 0 Å². The van der Waals surface area contributed by atoms with E-state index >= 15 is 0 Å². The molecule has 2 aromatic carbocycles. The number of halogens is 10. The number of ether oxygens (including phenoxy) is 1. The highest BCUT2D eigenvalue weighted by molar-refractivity contribution is 14.1. The van der Waals surface area contributed by atoms with Crippen molar-refractivity contribution in [3.05, 3.63) is 75.0 Å². The summed E-state index contributed by atoms with van der Waals surface area (Å²) in [7, 11) is -3.54. The second-order valence-corrected chi connectivity index (χ2v) is 11.7. The first-order valence-corrected chi connectivity index (χ1v) is 14.1. The minimum absolute atomic E-state index is 0.00543. The number of carbonyl (C=O) groups excluding carboxylic acids is 2. The summed E-state index contributed by atoms with van der Waals surface area (Å²) in [4.78, 5) is 29.1. The number of rotatable bonds is 8. The van der Waals surface area contributed by atoms with Gasteiger partial charge < -0.3 is 15.4 Å². The Bertz CT molecular complexity index is 1630. The van der Waals surface area contributed by atoms with Gasteiger partial charge >= 0.3 is 24.6 Å². The summed E-state index contributed by atoms with van der Waals surface area (Å²) >= 11 is 1.09. The van der Waals surface area contributed by atoms with E-state index in [4.69, 9.17) is 0 Å². The van der Waals surface area contributed by atoms with Crippen molar-refractivity contribution in [1.29, 1.82) is 0 Å². The lowest BCUT2D eigenvalue weighted by molar-refractivity contribution is -0.348. The number of pyridine rings is 1. The smallest absolute Gasteiger partial charge is 0.433 e. The Labute approximate surface area is 249 Å². The highest BCUT2D eigenvalue weighted by Gasteiger charge is 2.73. The second-order valence-electron chi connectivity index (χ2n) is 8.48. The third-order valence-corrected chi connectivity index (χ3v) is 7.43. The Morgan fingerprint density at radius 3 is 1.98 bits per heavy atom. The maximum atomic E-state index is 14.6.